The zero-order valence-corrected chi connectivity index (χ0v) is 16.2. The van der Waals surface area contributed by atoms with E-state index < -0.39 is 0 Å². The molecule has 122 valence electrons. The van der Waals surface area contributed by atoms with Gasteiger partial charge in [0, 0.05) is 11.1 Å². The van der Waals surface area contributed by atoms with Crippen LogP contribution in [0.3, 0.4) is 0 Å². The zero-order chi connectivity index (χ0) is 17.0. The van der Waals surface area contributed by atoms with Gasteiger partial charge in [-0.05, 0) is 65.5 Å². The third-order valence-corrected chi connectivity index (χ3v) is 5.75. The Balaban J connectivity index is 2.05. The number of hydrogen-bond acceptors (Lipinski definition) is 2. The average molecular weight is 456 g/mol. The Bertz CT molecular complexity index is 1060. The molecule has 25 heavy (non-hydrogen) atoms. The van der Waals surface area contributed by atoms with Gasteiger partial charge in [-0.2, -0.15) is 0 Å². The SMILES string of the molecule is Brc1cc2ccccc2c2c1OCOc1c(Br)cc3ccccc3c1-2. The molecule has 1 aliphatic heterocycles. The summed E-state index contributed by atoms with van der Waals surface area (Å²) in [6.45, 7) is 0.174. The molecule has 0 aromatic heterocycles. The van der Waals surface area contributed by atoms with Crippen LogP contribution in [-0.4, -0.2) is 6.79 Å². The number of hydrogen-bond donors (Lipinski definition) is 0. The Hall–Kier alpha value is -2.04. The highest BCUT2D eigenvalue weighted by Gasteiger charge is 2.25. The number of benzene rings is 4. The second-order valence-corrected chi connectivity index (χ2v) is 7.68. The first-order chi connectivity index (χ1) is 12.2. The summed E-state index contributed by atoms with van der Waals surface area (Å²) in [5.74, 6) is 1.64. The molecule has 0 aliphatic carbocycles. The molecule has 0 radical (unpaired) electrons. The van der Waals surface area contributed by atoms with Crippen LogP contribution in [0.4, 0.5) is 0 Å². The number of halogens is 2. The van der Waals surface area contributed by atoms with Crippen LogP contribution in [0.1, 0.15) is 0 Å². The van der Waals surface area contributed by atoms with E-state index in [1.807, 2.05) is 0 Å². The quantitative estimate of drug-likeness (QED) is 0.286. The van der Waals surface area contributed by atoms with E-state index >= 15 is 0 Å². The van der Waals surface area contributed by atoms with Crippen molar-refractivity contribution >= 4 is 53.4 Å². The van der Waals surface area contributed by atoms with E-state index in [9.17, 15) is 0 Å². The molecule has 0 atom stereocenters. The predicted octanol–water partition coefficient (Wildman–Crippen LogP) is 6.91. The first-order valence-corrected chi connectivity index (χ1v) is 9.51. The monoisotopic (exact) mass is 454 g/mol. The fraction of sp³-hybridized carbons (Fsp3) is 0.0476. The van der Waals surface area contributed by atoms with Crippen molar-refractivity contribution in [3.8, 4) is 22.6 Å². The van der Waals surface area contributed by atoms with Crippen LogP contribution < -0.4 is 9.47 Å². The summed E-state index contributed by atoms with van der Waals surface area (Å²) >= 11 is 7.36. The normalized spacial score (nSPS) is 12.9. The number of fused-ring (bicyclic) bond motifs is 7. The predicted molar refractivity (Wildman–Crippen MR) is 108 cm³/mol. The lowest BCUT2D eigenvalue weighted by Crippen LogP contribution is -2.04. The minimum Gasteiger partial charge on any atom is -0.456 e. The molecule has 0 fully saturated rings. The smallest absolute Gasteiger partial charge is 0.231 e. The first-order valence-electron chi connectivity index (χ1n) is 7.92. The molecule has 4 heteroatoms. The minimum atomic E-state index is 0.174. The van der Waals surface area contributed by atoms with Crippen molar-refractivity contribution in [1.29, 1.82) is 0 Å². The fourth-order valence-electron chi connectivity index (χ4n) is 3.51. The second-order valence-electron chi connectivity index (χ2n) is 5.97. The van der Waals surface area contributed by atoms with Crippen LogP contribution in [0.15, 0.2) is 69.6 Å². The molecule has 1 aliphatic rings. The van der Waals surface area contributed by atoms with E-state index in [1.54, 1.807) is 0 Å². The summed E-state index contributed by atoms with van der Waals surface area (Å²) in [5, 5.41) is 4.62. The van der Waals surface area contributed by atoms with Crippen LogP contribution >= 0.6 is 31.9 Å². The average Bonchev–Trinajstić information content (AvgIpc) is 2.83. The van der Waals surface area contributed by atoms with Crippen molar-refractivity contribution < 1.29 is 9.47 Å². The molecule has 0 unspecified atom stereocenters. The van der Waals surface area contributed by atoms with E-state index in [2.05, 4.69) is 92.5 Å². The molecule has 0 bridgehead atoms. The van der Waals surface area contributed by atoms with Crippen molar-refractivity contribution in [3.05, 3.63) is 69.6 Å². The largest absolute Gasteiger partial charge is 0.456 e. The van der Waals surface area contributed by atoms with Gasteiger partial charge in [0.05, 0.1) is 8.95 Å². The third kappa shape index (κ3) is 2.28. The summed E-state index contributed by atoms with van der Waals surface area (Å²) in [7, 11) is 0. The molecule has 4 aromatic rings. The molecule has 0 N–H and O–H groups in total. The standard InChI is InChI=1S/C21H12Br2O2/c22-16-9-12-5-1-3-7-14(12)18-19-15-8-4-2-6-13(15)10-17(23)21(19)25-11-24-20(16)18/h1-10H,11H2. The lowest BCUT2D eigenvalue weighted by molar-refractivity contribution is 0.123. The van der Waals surface area contributed by atoms with Crippen molar-refractivity contribution in [3.63, 3.8) is 0 Å². The van der Waals surface area contributed by atoms with Gasteiger partial charge in [-0.15, -0.1) is 0 Å². The van der Waals surface area contributed by atoms with E-state index in [0.29, 0.717) is 0 Å². The van der Waals surface area contributed by atoms with Crippen LogP contribution in [0.5, 0.6) is 11.5 Å². The molecule has 2 nitrogen and oxygen atoms in total. The molecule has 0 saturated heterocycles. The maximum Gasteiger partial charge on any atom is 0.231 e. The van der Waals surface area contributed by atoms with Crippen molar-refractivity contribution in [2.24, 2.45) is 0 Å². The van der Waals surface area contributed by atoms with Gasteiger partial charge in [-0.1, -0.05) is 48.5 Å². The second kappa shape index (κ2) is 5.75. The maximum atomic E-state index is 5.98. The highest BCUT2D eigenvalue weighted by atomic mass is 79.9. The summed E-state index contributed by atoms with van der Waals surface area (Å²) in [6, 6.07) is 20.9. The highest BCUT2D eigenvalue weighted by molar-refractivity contribution is 9.11. The Morgan fingerprint density at radius 3 is 1.56 bits per heavy atom. The van der Waals surface area contributed by atoms with Crippen molar-refractivity contribution in [2.45, 2.75) is 0 Å². The van der Waals surface area contributed by atoms with Gasteiger partial charge in [0.1, 0.15) is 11.5 Å². The zero-order valence-electron chi connectivity index (χ0n) is 13.1. The molecule has 5 rings (SSSR count). The Morgan fingerprint density at radius 2 is 1.08 bits per heavy atom. The fourth-order valence-corrected chi connectivity index (χ4v) is 4.63. The van der Waals surface area contributed by atoms with Crippen LogP contribution in [0.25, 0.3) is 32.7 Å². The Labute approximate surface area is 161 Å². The molecule has 0 amide bonds. The summed E-state index contributed by atoms with van der Waals surface area (Å²) in [6.07, 6.45) is 0. The van der Waals surface area contributed by atoms with Gasteiger partial charge in [0.25, 0.3) is 0 Å². The summed E-state index contributed by atoms with van der Waals surface area (Å²) < 4.78 is 13.8. The van der Waals surface area contributed by atoms with Crippen LogP contribution in [-0.2, 0) is 0 Å². The van der Waals surface area contributed by atoms with Gasteiger partial charge < -0.3 is 9.47 Å². The van der Waals surface area contributed by atoms with Gasteiger partial charge in [-0.3, -0.25) is 0 Å². The van der Waals surface area contributed by atoms with Crippen LogP contribution in [0, 0.1) is 0 Å². The Morgan fingerprint density at radius 1 is 0.640 bits per heavy atom. The molecule has 0 saturated carbocycles. The van der Waals surface area contributed by atoms with E-state index in [-0.39, 0.29) is 6.79 Å². The van der Waals surface area contributed by atoms with Gasteiger partial charge in [0.15, 0.2) is 0 Å². The van der Waals surface area contributed by atoms with Gasteiger partial charge in [-0.25, -0.2) is 0 Å². The molecular weight excluding hydrogens is 444 g/mol. The van der Waals surface area contributed by atoms with Crippen molar-refractivity contribution in [1.82, 2.24) is 0 Å². The van der Waals surface area contributed by atoms with E-state index in [0.717, 1.165) is 53.1 Å². The number of rotatable bonds is 0. The molecule has 4 aromatic carbocycles. The summed E-state index contributed by atoms with van der Waals surface area (Å²) in [5.41, 5.74) is 2.13. The van der Waals surface area contributed by atoms with E-state index in [4.69, 9.17) is 9.47 Å². The lowest BCUT2D eigenvalue weighted by Gasteiger charge is -2.15. The molecule has 1 heterocycles. The van der Waals surface area contributed by atoms with E-state index in [1.165, 1.54) is 0 Å². The van der Waals surface area contributed by atoms with Gasteiger partial charge in [0.2, 0.25) is 6.79 Å². The van der Waals surface area contributed by atoms with Crippen molar-refractivity contribution in [2.75, 3.05) is 6.79 Å². The minimum absolute atomic E-state index is 0.174. The maximum absolute atomic E-state index is 5.98. The molecular formula is C21H12Br2O2. The topological polar surface area (TPSA) is 18.5 Å². The van der Waals surface area contributed by atoms with Gasteiger partial charge >= 0.3 is 0 Å². The van der Waals surface area contributed by atoms with Crippen LogP contribution in [0.2, 0.25) is 0 Å². The lowest BCUT2D eigenvalue weighted by atomic mass is 9.92. The third-order valence-electron chi connectivity index (χ3n) is 4.57. The summed E-state index contributed by atoms with van der Waals surface area (Å²) in [4.78, 5) is 0. The molecule has 0 spiro atoms. The Kier molecular flexibility index (Phi) is 3.50. The first kappa shape index (κ1) is 15.2. The number of ether oxygens (including phenoxy) is 2. The highest BCUT2D eigenvalue weighted by Crippen LogP contribution is 2.51.